The van der Waals surface area contributed by atoms with Crippen molar-refractivity contribution in [2.75, 3.05) is 20.3 Å². The maximum atomic E-state index is 11.4. The van der Waals surface area contributed by atoms with Crippen LogP contribution in [0.5, 0.6) is 5.88 Å². The second kappa shape index (κ2) is 7.63. The minimum Gasteiger partial charge on any atom is -0.480 e. The predicted octanol–water partition coefficient (Wildman–Crippen LogP) is 3.07. The topological polar surface area (TPSA) is 77.9 Å². The first-order valence-corrected chi connectivity index (χ1v) is 8.16. The highest BCUT2D eigenvalue weighted by atomic mass is 16.5. The number of carbonyl (C=O) groups is 1. The van der Waals surface area contributed by atoms with E-state index in [4.69, 9.17) is 14.2 Å². The van der Waals surface area contributed by atoms with Crippen molar-refractivity contribution in [1.82, 2.24) is 4.98 Å². The molecule has 1 fully saturated rings. The Morgan fingerprint density at radius 1 is 1.40 bits per heavy atom. The third kappa shape index (κ3) is 3.97. The monoisotopic (exact) mass is 343 g/mol. The van der Waals surface area contributed by atoms with Gasteiger partial charge in [0.1, 0.15) is 5.56 Å². The minimum absolute atomic E-state index is 0.0489. The number of aryl methyl sites for hydroxylation is 1. The lowest BCUT2D eigenvalue weighted by atomic mass is 10.0. The molecule has 1 aliphatic heterocycles. The van der Waals surface area contributed by atoms with Crippen LogP contribution < -0.4 is 4.74 Å². The van der Waals surface area contributed by atoms with Crippen LogP contribution in [0.2, 0.25) is 0 Å². The van der Waals surface area contributed by atoms with E-state index in [0.717, 1.165) is 29.7 Å². The van der Waals surface area contributed by atoms with E-state index in [0.29, 0.717) is 18.9 Å². The lowest BCUT2D eigenvalue weighted by molar-refractivity contribution is 0.0318. The number of hydrogen-bond donors (Lipinski definition) is 1. The molecule has 0 aliphatic carbocycles. The summed E-state index contributed by atoms with van der Waals surface area (Å²) in [6.07, 6.45) is 1.06. The molecule has 1 aromatic carbocycles. The molecule has 1 unspecified atom stereocenters. The van der Waals surface area contributed by atoms with Gasteiger partial charge in [-0.25, -0.2) is 9.78 Å². The van der Waals surface area contributed by atoms with Crippen LogP contribution in [0.25, 0.3) is 11.1 Å². The normalized spacial score (nSPS) is 16.8. The van der Waals surface area contributed by atoms with E-state index in [2.05, 4.69) is 4.98 Å². The zero-order valence-electron chi connectivity index (χ0n) is 14.3. The molecule has 25 heavy (non-hydrogen) atoms. The summed E-state index contributed by atoms with van der Waals surface area (Å²) in [5.41, 5.74) is 3.46. The second-order valence-corrected chi connectivity index (χ2v) is 5.98. The molecule has 0 radical (unpaired) electrons. The van der Waals surface area contributed by atoms with E-state index in [1.807, 2.05) is 31.2 Å². The predicted molar refractivity (Wildman–Crippen MR) is 91.9 cm³/mol. The van der Waals surface area contributed by atoms with Crippen molar-refractivity contribution in [3.05, 3.63) is 47.2 Å². The lowest BCUT2D eigenvalue weighted by Crippen LogP contribution is -2.11. The van der Waals surface area contributed by atoms with Crippen LogP contribution in [0.3, 0.4) is 0 Å². The van der Waals surface area contributed by atoms with Gasteiger partial charge >= 0.3 is 5.97 Å². The molecule has 0 amide bonds. The summed E-state index contributed by atoms with van der Waals surface area (Å²) >= 11 is 0. The molecule has 2 aromatic rings. The van der Waals surface area contributed by atoms with Crippen molar-refractivity contribution in [2.24, 2.45) is 0 Å². The number of ether oxygens (including phenoxy) is 3. The van der Waals surface area contributed by atoms with Gasteiger partial charge in [-0.3, -0.25) is 0 Å². The van der Waals surface area contributed by atoms with Crippen LogP contribution in [0.4, 0.5) is 0 Å². The summed E-state index contributed by atoms with van der Waals surface area (Å²) in [4.78, 5) is 15.7. The lowest BCUT2D eigenvalue weighted by Gasteiger charge is -2.13. The van der Waals surface area contributed by atoms with Crippen LogP contribution in [0.15, 0.2) is 30.3 Å². The van der Waals surface area contributed by atoms with Gasteiger partial charge in [-0.15, -0.1) is 0 Å². The first-order chi connectivity index (χ1) is 12.1. The quantitative estimate of drug-likeness (QED) is 0.868. The number of hydrogen-bond acceptors (Lipinski definition) is 5. The average Bonchev–Trinajstić information content (AvgIpc) is 3.13. The number of methoxy groups -OCH3 is 1. The van der Waals surface area contributed by atoms with Gasteiger partial charge in [0.25, 0.3) is 0 Å². The number of aromatic carboxylic acids is 1. The van der Waals surface area contributed by atoms with Crippen LogP contribution in [0.1, 0.15) is 28.0 Å². The number of rotatable bonds is 6. The van der Waals surface area contributed by atoms with Gasteiger partial charge in [-0.1, -0.05) is 18.2 Å². The van der Waals surface area contributed by atoms with Gasteiger partial charge in [-0.2, -0.15) is 0 Å². The van der Waals surface area contributed by atoms with Gasteiger partial charge in [0, 0.05) is 17.9 Å². The molecule has 1 saturated heterocycles. The fourth-order valence-corrected chi connectivity index (χ4v) is 2.87. The standard InChI is InChI=1S/C19H21NO5/c1-12-16(9-17(19(21)22)18(20-12)23-2)14-5-3-4-13(8-14)10-25-15-6-7-24-11-15/h3-5,8-9,15H,6-7,10-11H2,1-2H3,(H,21,22). The highest BCUT2D eigenvalue weighted by Crippen LogP contribution is 2.28. The maximum absolute atomic E-state index is 11.4. The first-order valence-electron chi connectivity index (χ1n) is 8.16. The molecule has 1 atom stereocenters. The second-order valence-electron chi connectivity index (χ2n) is 5.98. The van der Waals surface area contributed by atoms with Crippen molar-refractivity contribution in [2.45, 2.75) is 26.1 Å². The van der Waals surface area contributed by atoms with Crippen LogP contribution in [-0.2, 0) is 16.1 Å². The molecule has 132 valence electrons. The molecule has 2 heterocycles. The Kier molecular flexibility index (Phi) is 5.31. The van der Waals surface area contributed by atoms with E-state index in [1.165, 1.54) is 7.11 Å². The highest BCUT2D eigenvalue weighted by molar-refractivity contribution is 5.92. The van der Waals surface area contributed by atoms with Crippen molar-refractivity contribution >= 4 is 5.97 Å². The molecule has 1 aromatic heterocycles. The molecule has 1 N–H and O–H groups in total. The number of pyridine rings is 1. The Morgan fingerprint density at radius 2 is 2.24 bits per heavy atom. The summed E-state index contributed by atoms with van der Waals surface area (Å²) in [6, 6.07) is 9.46. The molecule has 3 rings (SSSR count). The van der Waals surface area contributed by atoms with E-state index in [9.17, 15) is 9.90 Å². The van der Waals surface area contributed by atoms with Crippen molar-refractivity contribution < 1.29 is 24.1 Å². The largest absolute Gasteiger partial charge is 0.480 e. The van der Waals surface area contributed by atoms with E-state index >= 15 is 0 Å². The van der Waals surface area contributed by atoms with Gasteiger partial charge in [0.15, 0.2) is 0 Å². The molecule has 0 saturated carbocycles. The number of benzene rings is 1. The Labute approximate surface area is 146 Å². The third-order valence-electron chi connectivity index (χ3n) is 4.21. The summed E-state index contributed by atoms with van der Waals surface area (Å²) in [5.74, 6) is -0.944. The Bertz CT molecular complexity index is 768. The van der Waals surface area contributed by atoms with Crippen LogP contribution in [-0.4, -0.2) is 42.5 Å². The van der Waals surface area contributed by atoms with Crippen LogP contribution >= 0.6 is 0 Å². The summed E-state index contributed by atoms with van der Waals surface area (Å²) < 4.78 is 16.2. The van der Waals surface area contributed by atoms with Gasteiger partial charge in [0.2, 0.25) is 5.88 Å². The molecule has 0 bridgehead atoms. The molecule has 6 heteroatoms. The minimum atomic E-state index is -1.06. The van der Waals surface area contributed by atoms with Gasteiger partial charge < -0.3 is 19.3 Å². The SMILES string of the molecule is COc1nc(C)c(-c2cccc(COC3CCOC3)c2)cc1C(=O)O. The van der Waals surface area contributed by atoms with Crippen molar-refractivity contribution in [1.29, 1.82) is 0 Å². The van der Waals surface area contributed by atoms with Gasteiger partial charge in [-0.05, 0) is 36.6 Å². The van der Waals surface area contributed by atoms with Crippen molar-refractivity contribution in [3.8, 4) is 17.0 Å². The number of carboxylic acid groups (broad SMARTS) is 1. The Balaban J connectivity index is 1.87. The van der Waals surface area contributed by atoms with Gasteiger partial charge in [0.05, 0.1) is 26.4 Å². The van der Waals surface area contributed by atoms with E-state index in [-0.39, 0.29) is 17.5 Å². The van der Waals surface area contributed by atoms with Crippen LogP contribution in [0, 0.1) is 6.92 Å². The smallest absolute Gasteiger partial charge is 0.341 e. The fraction of sp³-hybridized carbons (Fsp3) is 0.368. The summed E-state index contributed by atoms with van der Waals surface area (Å²) in [7, 11) is 1.42. The fourth-order valence-electron chi connectivity index (χ4n) is 2.87. The Hall–Kier alpha value is -2.44. The number of carboxylic acids is 1. The first kappa shape index (κ1) is 17.4. The van der Waals surface area contributed by atoms with Crippen molar-refractivity contribution in [3.63, 3.8) is 0 Å². The molecule has 6 nitrogen and oxygen atoms in total. The Morgan fingerprint density at radius 3 is 2.92 bits per heavy atom. The molecular weight excluding hydrogens is 322 g/mol. The highest BCUT2D eigenvalue weighted by Gasteiger charge is 2.18. The molecule has 1 aliphatic rings. The number of nitrogens with zero attached hydrogens (tertiary/aromatic N) is 1. The molecular formula is C19H21NO5. The summed E-state index contributed by atoms with van der Waals surface area (Å²) in [6.45, 7) is 3.72. The summed E-state index contributed by atoms with van der Waals surface area (Å²) in [5, 5.41) is 9.37. The third-order valence-corrected chi connectivity index (χ3v) is 4.21. The molecule has 0 spiro atoms. The van der Waals surface area contributed by atoms with E-state index < -0.39 is 5.97 Å². The zero-order chi connectivity index (χ0) is 17.8. The zero-order valence-corrected chi connectivity index (χ0v) is 14.3. The maximum Gasteiger partial charge on any atom is 0.341 e. The average molecular weight is 343 g/mol. The van der Waals surface area contributed by atoms with E-state index in [1.54, 1.807) is 6.07 Å². The number of aromatic nitrogens is 1.